The van der Waals surface area contributed by atoms with Crippen molar-refractivity contribution < 1.29 is 9.47 Å². The van der Waals surface area contributed by atoms with Crippen LogP contribution in [0.1, 0.15) is 38.8 Å². The van der Waals surface area contributed by atoms with E-state index in [1.165, 1.54) is 11.1 Å². The molecule has 0 fully saturated rings. The summed E-state index contributed by atoms with van der Waals surface area (Å²) in [5.41, 5.74) is 3.88. The van der Waals surface area contributed by atoms with E-state index in [1.807, 2.05) is 25.1 Å². The van der Waals surface area contributed by atoms with Gasteiger partial charge in [-0.2, -0.15) is 0 Å². The van der Waals surface area contributed by atoms with Crippen LogP contribution < -0.4 is 10.1 Å². The summed E-state index contributed by atoms with van der Waals surface area (Å²) in [6.07, 6.45) is 0. The third-order valence-electron chi connectivity index (χ3n) is 3.85. The van der Waals surface area contributed by atoms with Gasteiger partial charge in [-0.25, -0.2) is 0 Å². The fraction of sp³-hybridized carbons (Fsp3) is 0.429. The molecule has 130 valence electrons. The van der Waals surface area contributed by atoms with Crippen molar-refractivity contribution in [3.8, 4) is 5.75 Å². The Hall–Kier alpha value is -2.00. The molecule has 3 nitrogen and oxygen atoms in total. The van der Waals surface area contributed by atoms with Crippen molar-refractivity contribution in [1.82, 2.24) is 0 Å². The van der Waals surface area contributed by atoms with Crippen LogP contribution in [0.4, 0.5) is 5.69 Å². The Morgan fingerprint density at radius 3 is 2.38 bits per heavy atom. The Balaban J connectivity index is 1.87. The van der Waals surface area contributed by atoms with Crippen LogP contribution >= 0.6 is 0 Å². The van der Waals surface area contributed by atoms with Crippen LogP contribution in [0.2, 0.25) is 0 Å². The molecule has 0 saturated carbocycles. The maximum Gasteiger partial charge on any atom is 0.121 e. The van der Waals surface area contributed by atoms with Gasteiger partial charge >= 0.3 is 0 Å². The highest BCUT2D eigenvalue weighted by atomic mass is 16.5. The maximum atomic E-state index is 5.69. The van der Waals surface area contributed by atoms with Crippen LogP contribution in [0.25, 0.3) is 0 Å². The first-order chi connectivity index (χ1) is 11.5. The van der Waals surface area contributed by atoms with Crippen molar-refractivity contribution in [2.45, 2.75) is 39.7 Å². The smallest absolute Gasteiger partial charge is 0.121 e. The molecule has 0 atom stereocenters. The molecular weight excluding hydrogens is 298 g/mol. The summed E-state index contributed by atoms with van der Waals surface area (Å²) in [4.78, 5) is 0. The monoisotopic (exact) mass is 327 g/mol. The predicted octanol–water partition coefficient (Wildman–Crippen LogP) is 5.01. The molecule has 0 aromatic heterocycles. The van der Waals surface area contributed by atoms with Gasteiger partial charge in [0, 0.05) is 24.9 Å². The van der Waals surface area contributed by atoms with Crippen LogP contribution in [-0.4, -0.2) is 19.8 Å². The summed E-state index contributed by atoms with van der Waals surface area (Å²) in [7, 11) is 0. The summed E-state index contributed by atoms with van der Waals surface area (Å²) in [6.45, 7) is 11.4. The van der Waals surface area contributed by atoms with Crippen molar-refractivity contribution in [3.05, 3.63) is 59.7 Å². The van der Waals surface area contributed by atoms with Crippen LogP contribution in [0, 0.1) is 0 Å². The van der Waals surface area contributed by atoms with Crippen LogP contribution in [0.3, 0.4) is 0 Å². The number of rotatable bonds is 8. The van der Waals surface area contributed by atoms with Gasteiger partial charge in [0.25, 0.3) is 0 Å². The summed E-state index contributed by atoms with van der Waals surface area (Å²) < 4.78 is 11.0. The van der Waals surface area contributed by atoms with Gasteiger partial charge in [0.15, 0.2) is 0 Å². The molecule has 0 bridgehead atoms. The SMILES string of the molecule is CCOCCOc1cccc(NCc2ccc(C(C)(C)C)cc2)c1. The summed E-state index contributed by atoms with van der Waals surface area (Å²) in [5, 5.41) is 3.45. The molecule has 0 saturated heterocycles. The molecule has 2 rings (SSSR count). The first-order valence-corrected chi connectivity index (χ1v) is 8.63. The number of benzene rings is 2. The molecule has 24 heavy (non-hydrogen) atoms. The number of hydrogen-bond acceptors (Lipinski definition) is 3. The minimum absolute atomic E-state index is 0.194. The Morgan fingerprint density at radius 2 is 1.71 bits per heavy atom. The Kier molecular flexibility index (Phi) is 6.68. The largest absolute Gasteiger partial charge is 0.491 e. The van der Waals surface area contributed by atoms with Crippen LogP contribution in [0.15, 0.2) is 48.5 Å². The van der Waals surface area contributed by atoms with Gasteiger partial charge in [0.05, 0.1) is 6.61 Å². The number of nitrogens with one attached hydrogen (secondary N) is 1. The van der Waals surface area contributed by atoms with Gasteiger partial charge in [-0.1, -0.05) is 51.1 Å². The van der Waals surface area contributed by atoms with Crippen molar-refractivity contribution >= 4 is 5.69 Å². The molecule has 2 aromatic carbocycles. The highest BCUT2D eigenvalue weighted by Crippen LogP contribution is 2.23. The fourth-order valence-electron chi connectivity index (χ4n) is 2.39. The lowest BCUT2D eigenvalue weighted by molar-refractivity contribution is 0.110. The van der Waals surface area contributed by atoms with Gasteiger partial charge in [-0.3, -0.25) is 0 Å². The van der Waals surface area contributed by atoms with Crippen molar-refractivity contribution in [1.29, 1.82) is 0 Å². The van der Waals surface area contributed by atoms with Gasteiger partial charge in [-0.15, -0.1) is 0 Å². The van der Waals surface area contributed by atoms with E-state index in [9.17, 15) is 0 Å². The van der Waals surface area contributed by atoms with E-state index in [2.05, 4.69) is 56.4 Å². The van der Waals surface area contributed by atoms with E-state index in [0.29, 0.717) is 13.2 Å². The van der Waals surface area contributed by atoms with Gasteiger partial charge in [0.2, 0.25) is 0 Å². The van der Waals surface area contributed by atoms with Gasteiger partial charge in [-0.05, 0) is 35.6 Å². The molecule has 0 heterocycles. The molecule has 0 spiro atoms. The van der Waals surface area contributed by atoms with Crippen molar-refractivity contribution in [3.63, 3.8) is 0 Å². The molecule has 0 amide bonds. The molecule has 0 aliphatic rings. The molecule has 0 aliphatic carbocycles. The molecule has 3 heteroatoms. The second kappa shape index (κ2) is 8.74. The highest BCUT2D eigenvalue weighted by Gasteiger charge is 2.12. The highest BCUT2D eigenvalue weighted by molar-refractivity contribution is 5.48. The third kappa shape index (κ3) is 5.89. The van der Waals surface area contributed by atoms with Crippen molar-refractivity contribution in [2.24, 2.45) is 0 Å². The first kappa shape index (κ1) is 18.3. The fourth-order valence-corrected chi connectivity index (χ4v) is 2.39. The Morgan fingerprint density at radius 1 is 0.958 bits per heavy atom. The average molecular weight is 327 g/mol. The zero-order valence-electron chi connectivity index (χ0n) is 15.3. The average Bonchev–Trinajstić information content (AvgIpc) is 2.57. The summed E-state index contributed by atoms with van der Waals surface area (Å²) >= 11 is 0. The molecular formula is C21H29NO2. The molecule has 0 aliphatic heterocycles. The van der Waals surface area contributed by atoms with E-state index in [4.69, 9.17) is 9.47 Å². The lowest BCUT2D eigenvalue weighted by Gasteiger charge is -2.19. The zero-order valence-corrected chi connectivity index (χ0v) is 15.3. The quantitative estimate of drug-likeness (QED) is 0.691. The van der Waals surface area contributed by atoms with E-state index >= 15 is 0 Å². The minimum Gasteiger partial charge on any atom is -0.491 e. The van der Waals surface area contributed by atoms with E-state index in [1.54, 1.807) is 0 Å². The first-order valence-electron chi connectivity index (χ1n) is 8.63. The van der Waals surface area contributed by atoms with Crippen molar-refractivity contribution in [2.75, 3.05) is 25.1 Å². The van der Waals surface area contributed by atoms with Gasteiger partial charge in [0.1, 0.15) is 12.4 Å². The molecule has 0 unspecified atom stereocenters. The predicted molar refractivity (Wildman–Crippen MR) is 101 cm³/mol. The normalized spacial score (nSPS) is 11.3. The third-order valence-corrected chi connectivity index (χ3v) is 3.85. The van der Waals surface area contributed by atoms with E-state index < -0.39 is 0 Å². The van der Waals surface area contributed by atoms with Crippen LogP contribution in [-0.2, 0) is 16.7 Å². The molecule has 0 radical (unpaired) electrons. The standard InChI is InChI=1S/C21H29NO2/c1-5-23-13-14-24-20-8-6-7-19(15-20)22-16-17-9-11-18(12-10-17)21(2,3)4/h6-12,15,22H,5,13-14,16H2,1-4H3. The number of ether oxygens (including phenoxy) is 2. The van der Waals surface area contributed by atoms with E-state index in [-0.39, 0.29) is 5.41 Å². The van der Waals surface area contributed by atoms with Crippen LogP contribution in [0.5, 0.6) is 5.75 Å². The maximum absolute atomic E-state index is 5.69. The number of hydrogen-bond donors (Lipinski definition) is 1. The second-order valence-electron chi connectivity index (χ2n) is 6.87. The summed E-state index contributed by atoms with van der Waals surface area (Å²) in [5.74, 6) is 0.864. The molecule has 1 N–H and O–H groups in total. The topological polar surface area (TPSA) is 30.5 Å². The lowest BCUT2D eigenvalue weighted by atomic mass is 9.87. The molecule has 2 aromatic rings. The van der Waals surface area contributed by atoms with Gasteiger partial charge < -0.3 is 14.8 Å². The minimum atomic E-state index is 0.194. The second-order valence-corrected chi connectivity index (χ2v) is 6.87. The Bertz CT molecular complexity index is 614. The summed E-state index contributed by atoms with van der Waals surface area (Å²) in [6, 6.07) is 16.9. The zero-order chi connectivity index (χ0) is 17.4. The van der Waals surface area contributed by atoms with E-state index in [0.717, 1.165) is 24.6 Å². The Labute approximate surface area is 146 Å². The lowest BCUT2D eigenvalue weighted by Crippen LogP contribution is -2.11. The number of anilines is 1.